The molecule has 4 aromatic carbocycles. The van der Waals surface area contributed by atoms with Gasteiger partial charge < -0.3 is 0 Å². The third-order valence-corrected chi connectivity index (χ3v) is 6.20. The van der Waals surface area contributed by atoms with Gasteiger partial charge in [-0.15, -0.1) is 0 Å². The number of nitrogens with zero attached hydrogens (tertiary/aromatic N) is 4. The fourth-order valence-electron chi connectivity index (χ4n) is 4.53. The van der Waals surface area contributed by atoms with Crippen molar-refractivity contribution in [1.82, 2.24) is 10.0 Å². The first kappa shape index (κ1) is 21.7. The Labute approximate surface area is 201 Å². The number of benzene rings is 4. The Bertz CT molecular complexity index is 1130. The van der Waals surface area contributed by atoms with Gasteiger partial charge in [-0.3, -0.25) is 10.0 Å². The van der Waals surface area contributed by atoms with Crippen molar-refractivity contribution >= 4 is 12.4 Å². The molecular formula is C30H28N4. The van der Waals surface area contributed by atoms with E-state index in [9.17, 15) is 0 Å². The van der Waals surface area contributed by atoms with Gasteiger partial charge in [-0.1, -0.05) is 121 Å². The molecule has 0 aliphatic carbocycles. The van der Waals surface area contributed by atoms with E-state index in [-0.39, 0.29) is 18.2 Å². The molecule has 1 aliphatic heterocycles. The van der Waals surface area contributed by atoms with Gasteiger partial charge in [0.15, 0.2) is 0 Å². The van der Waals surface area contributed by atoms with Crippen molar-refractivity contribution < 1.29 is 0 Å². The molecule has 0 N–H and O–H groups in total. The van der Waals surface area contributed by atoms with E-state index in [0.717, 1.165) is 11.1 Å². The topological polar surface area (TPSA) is 31.2 Å². The van der Waals surface area contributed by atoms with Crippen molar-refractivity contribution in [3.8, 4) is 0 Å². The van der Waals surface area contributed by atoms with E-state index >= 15 is 0 Å². The summed E-state index contributed by atoms with van der Waals surface area (Å²) in [5, 5.41) is 14.4. The number of rotatable bonds is 6. The zero-order chi connectivity index (χ0) is 23.2. The Morgan fingerprint density at radius 3 is 1.18 bits per heavy atom. The van der Waals surface area contributed by atoms with Gasteiger partial charge in [-0.2, -0.15) is 10.2 Å². The van der Waals surface area contributed by atoms with E-state index in [2.05, 4.69) is 102 Å². The van der Waals surface area contributed by atoms with E-state index in [0.29, 0.717) is 0 Å². The predicted octanol–water partition coefficient (Wildman–Crippen LogP) is 6.50. The number of hydrazone groups is 2. The van der Waals surface area contributed by atoms with Gasteiger partial charge in [0.1, 0.15) is 18.2 Å². The molecule has 0 saturated carbocycles. The Kier molecular flexibility index (Phi) is 6.48. The second kappa shape index (κ2) is 10.2. The fraction of sp³-hybridized carbons (Fsp3) is 0.133. The largest absolute Gasteiger partial charge is 0.263 e. The van der Waals surface area contributed by atoms with Crippen LogP contribution in [-0.4, -0.2) is 28.6 Å². The normalized spacial score (nSPS) is 20.4. The number of hydrogen-bond acceptors (Lipinski definition) is 4. The van der Waals surface area contributed by atoms with Gasteiger partial charge in [0.05, 0.1) is 12.4 Å². The highest BCUT2D eigenvalue weighted by Crippen LogP contribution is 2.47. The monoisotopic (exact) mass is 444 g/mol. The summed E-state index contributed by atoms with van der Waals surface area (Å²) in [5.74, 6) is 0. The second-order valence-corrected chi connectivity index (χ2v) is 8.41. The lowest BCUT2D eigenvalue weighted by Crippen LogP contribution is -2.31. The molecule has 34 heavy (non-hydrogen) atoms. The van der Waals surface area contributed by atoms with E-state index in [1.165, 1.54) is 11.1 Å². The summed E-state index contributed by atoms with van der Waals surface area (Å²) in [6.07, 6.45) is 3.84. The maximum Gasteiger partial charge on any atom is 0.133 e. The first-order valence-electron chi connectivity index (χ1n) is 11.7. The smallest absolute Gasteiger partial charge is 0.133 e. The Hall–Kier alpha value is -4.18. The van der Waals surface area contributed by atoms with Crippen LogP contribution in [0.2, 0.25) is 0 Å². The Morgan fingerprint density at radius 1 is 0.500 bits per heavy atom. The Balaban J connectivity index is 1.60. The van der Waals surface area contributed by atoms with Crippen molar-refractivity contribution in [2.75, 3.05) is 0 Å². The lowest BCUT2D eigenvalue weighted by atomic mass is 9.94. The van der Waals surface area contributed by atoms with Crippen molar-refractivity contribution in [2.45, 2.75) is 25.2 Å². The molecule has 1 saturated heterocycles. The minimum atomic E-state index is -0.0460. The van der Waals surface area contributed by atoms with E-state index < -0.39 is 0 Å². The fourth-order valence-corrected chi connectivity index (χ4v) is 4.53. The van der Waals surface area contributed by atoms with Crippen LogP contribution in [0.1, 0.15) is 41.3 Å². The molecule has 4 aromatic rings. The summed E-state index contributed by atoms with van der Waals surface area (Å²) < 4.78 is 0. The standard InChI is InChI=1S/C30H28N4/c1-24-33(31-22-25-14-6-2-7-15-25)29(27-18-10-4-11-19-27)30(28-20-12-5-13-21-28)34(24)32-23-26-16-8-3-9-17-26/h2-24,29-30H,1H3/b31-22-,32-23+/t24?,29-,30+/m1/s1. The molecule has 1 heterocycles. The second-order valence-electron chi connectivity index (χ2n) is 8.41. The lowest BCUT2D eigenvalue weighted by molar-refractivity contribution is 0.138. The third kappa shape index (κ3) is 4.62. The molecule has 4 heteroatoms. The lowest BCUT2D eigenvalue weighted by Gasteiger charge is -2.26. The highest BCUT2D eigenvalue weighted by atomic mass is 15.7. The molecule has 1 unspecified atom stereocenters. The van der Waals surface area contributed by atoms with Crippen LogP contribution >= 0.6 is 0 Å². The average molecular weight is 445 g/mol. The molecule has 0 aromatic heterocycles. The van der Waals surface area contributed by atoms with Crippen LogP contribution < -0.4 is 0 Å². The van der Waals surface area contributed by atoms with Crippen LogP contribution in [0.4, 0.5) is 0 Å². The zero-order valence-electron chi connectivity index (χ0n) is 19.2. The van der Waals surface area contributed by atoms with E-state index in [4.69, 9.17) is 10.2 Å². The van der Waals surface area contributed by atoms with Gasteiger partial charge in [-0.25, -0.2) is 0 Å². The third-order valence-electron chi connectivity index (χ3n) is 6.20. The minimum Gasteiger partial charge on any atom is -0.263 e. The average Bonchev–Trinajstić information content (AvgIpc) is 3.19. The summed E-state index contributed by atoms with van der Waals surface area (Å²) in [6.45, 7) is 2.17. The first-order valence-corrected chi connectivity index (χ1v) is 11.7. The zero-order valence-corrected chi connectivity index (χ0v) is 19.2. The molecule has 3 atom stereocenters. The van der Waals surface area contributed by atoms with Crippen LogP contribution in [-0.2, 0) is 0 Å². The van der Waals surface area contributed by atoms with Crippen molar-refractivity contribution in [2.24, 2.45) is 10.2 Å². The molecular weight excluding hydrogens is 416 g/mol. The Morgan fingerprint density at radius 2 is 0.824 bits per heavy atom. The van der Waals surface area contributed by atoms with Crippen LogP contribution in [0.3, 0.4) is 0 Å². The highest BCUT2D eigenvalue weighted by Gasteiger charge is 2.46. The molecule has 4 nitrogen and oxygen atoms in total. The van der Waals surface area contributed by atoms with Crippen LogP contribution in [0.15, 0.2) is 132 Å². The minimum absolute atomic E-state index is 0.00601. The van der Waals surface area contributed by atoms with E-state index in [1.54, 1.807) is 0 Å². The molecule has 0 radical (unpaired) electrons. The quantitative estimate of drug-likeness (QED) is 0.318. The summed E-state index contributed by atoms with van der Waals surface area (Å²) in [4.78, 5) is 0. The molecule has 1 aliphatic rings. The van der Waals surface area contributed by atoms with Crippen LogP contribution in [0.5, 0.6) is 0 Å². The highest BCUT2D eigenvalue weighted by molar-refractivity contribution is 5.79. The maximum absolute atomic E-state index is 5.01. The molecule has 5 rings (SSSR count). The molecule has 0 bridgehead atoms. The van der Waals surface area contributed by atoms with Crippen LogP contribution in [0, 0.1) is 0 Å². The van der Waals surface area contributed by atoms with Crippen LogP contribution in [0.25, 0.3) is 0 Å². The summed E-state index contributed by atoms with van der Waals surface area (Å²) in [5.41, 5.74) is 4.57. The summed E-state index contributed by atoms with van der Waals surface area (Å²) >= 11 is 0. The summed E-state index contributed by atoms with van der Waals surface area (Å²) in [6, 6.07) is 41.7. The SMILES string of the molecule is CC1N(/N=C\c2ccccc2)[C@H](c2ccccc2)[C@H](c2ccccc2)N1/N=C/c1ccccc1. The molecule has 1 fully saturated rings. The maximum atomic E-state index is 5.01. The van der Waals surface area contributed by atoms with Crippen molar-refractivity contribution in [3.63, 3.8) is 0 Å². The molecule has 0 amide bonds. The first-order chi connectivity index (χ1) is 16.8. The van der Waals surface area contributed by atoms with Crippen molar-refractivity contribution in [3.05, 3.63) is 144 Å². The van der Waals surface area contributed by atoms with Crippen molar-refractivity contribution in [1.29, 1.82) is 0 Å². The van der Waals surface area contributed by atoms with Gasteiger partial charge in [0.25, 0.3) is 0 Å². The van der Waals surface area contributed by atoms with Gasteiger partial charge in [-0.05, 0) is 29.2 Å². The van der Waals surface area contributed by atoms with Gasteiger partial charge in [0, 0.05) is 0 Å². The predicted molar refractivity (Wildman–Crippen MR) is 140 cm³/mol. The molecule has 168 valence electrons. The summed E-state index contributed by atoms with van der Waals surface area (Å²) in [7, 11) is 0. The molecule has 0 spiro atoms. The van der Waals surface area contributed by atoms with Gasteiger partial charge >= 0.3 is 0 Å². The number of hydrogen-bond donors (Lipinski definition) is 0. The van der Waals surface area contributed by atoms with Gasteiger partial charge in [0.2, 0.25) is 0 Å². The van der Waals surface area contributed by atoms with E-state index in [1.807, 2.05) is 48.8 Å².